The molecular formula is C25H26FN7O2. The number of halogens is 1. The summed E-state index contributed by atoms with van der Waals surface area (Å²) in [5, 5.41) is 7.97. The topological polar surface area (TPSA) is 108 Å². The fourth-order valence-corrected chi connectivity index (χ4v) is 4.25. The van der Waals surface area contributed by atoms with E-state index in [-0.39, 0.29) is 23.5 Å². The second kappa shape index (κ2) is 8.37. The average Bonchev–Trinajstić information content (AvgIpc) is 3.46. The summed E-state index contributed by atoms with van der Waals surface area (Å²) in [6.07, 6.45) is 7.33. The van der Waals surface area contributed by atoms with Gasteiger partial charge in [-0.1, -0.05) is 12.1 Å². The number of hydrogen-bond acceptors (Lipinski definition) is 6. The minimum absolute atomic E-state index is 0.00722. The van der Waals surface area contributed by atoms with Crippen LogP contribution in [0.1, 0.15) is 68.8 Å². The Kier molecular flexibility index (Phi) is 5.46. The van der Waals surface area contributed by atoms with Crippen LogP contribution in [-0.2, 0) is 5.54 Å². The second-order valence-corrected chi connectivity index (χ2v) is 9.50. The minimum Gasteiger partial charge on any atom is -0.340 e. The lowest BCUT2D eigenvalue weighted by Gasteiger charge is -2.19. The van der Waals surface area contributed by atoms with Gasteiger partial charge in [-0.25, -0.2) is 24.0 Å². The predicted molar refractivity (Wildman–Crippen MR) is 128 cm³/mol. The molecule has 4 aromatic rings. The molecule has 1 saturated carbocycles. The molecule has 0 spiro atoms. The van der Waals surface area contributed by atoms with Crippen molar-refractivity contribution in [3.8, 4) is 11.1 Å². The molecule has 1 aliphatic rings. The number of fused-ring (bicyclic) bond motifs is 1. The van der Waals surface area contributed by atoms with Crippen molar-refractivity contribution >= 4 is 16.9 Å². The first-order chi connectivity index (χ1) is 16.7. The number of benzene rings is 1. The Labute approximate surface area is 201 Å². The van der Waals surface area contributed by atoms with Gasteiger partial charge in [0.05, 0.1) is 29.0 Å². The van der Waals surface area contributed by atoms with Crippen molar-refractivity contribution in [2.75, 3.05) is 0 Å². The largest absolute Gasteiger partial charge is 0.340 e. The summed E-state index contributed by atoms with van der Waals surface area (Å²) < 4.78 is 18.5. The van der Waals surface area contributed by atoms with Crippen molar-refractivity contribution in [3.63, 3.8) is 0 Å². The number of amides is 1. The van der Waals surface area contributed by atoms with E-state index < -0.39 is 17.3 Å². The molecule has 1 N–H and O–H groups in total. The first-order valence-corrected chi connectivity index (χ1v) is 11.6. The zero-order valence-electron chi connectivity index (χ0n) is 20.0. The van der Waals surface area contributed by atoms with E-state index in [0.29, 0.717) is 35.2 Å². The normalized spacial score (nSPS) is 14.6. The summed E-state index contributed by atoms with van der Waals surface area (Å²) >= 11 is 0. The fourth-order valence-electron chi connectivity index (χ4n) is 4.25. The average molecular weight is 476 g/mol. The highest BCUT2D eigenvalue weighted by Gasteiger charge is 2.48. The molecule has 0 radical (unpaired) electrons. The van der Waals surface area contributed by atoms with E-state index >= 15 is 4.39 Å². The molecule has 1 aromatic carbocycles. The smallest absolute Gasteiger partial charge is 0.289 e. The second-order valence-electron chi connectivity index (χ2n) is 9.50. The summed E-state index contributed by atoms with van der Waals surface area (Å²) in [4.78, 5) is 38.5. The number of rotatable bonds is 6. The van der Waals surface area contributed by atoms with Gasteiger partial charge in [-0.2, -0.15) is 5.10 Å². The summed E-state index contributed by atoms with van der Waals surface area (Å²) in [5.74, 6) is -0.960. The third-order valence-electron chi connectivity index (χ3n) is 6.34. The molecule has 1 amide bonds. The molecule has 0 bridgehead atoms. The quantitative estimate of drug-likeness (QED) is 0.455. The Bertz CT molecular complexity index is 1500. The van der Waals surface area contributed by atoms with Gasteiger partial charge in [-0.3, -0.25) is 14.2 Å². The van der Waals surface area contributed by atoms with E-state index in [1.165, 1.54) is 23.2 Å². The van der Waals surface area contributed by atoms with E-state index in [0.717, 1.165) is 5.39 Å². The van der Waals surface area contributed by atoms with E-state index in [9.17, 15) is 9.59 Å². The van der Waals surface area contributed by atoms with Gasteiger partial charge in [0.15, 0.2) is 5.65 Å². The molecule has 35 heavy (non-hydrogen) atoms. The number of carbonyl (C=O) groups excluding carboxylic acids is 1. The molecule has 0 saturated heterocycles. The third kappa shape index (κ3) is 3.98. The van der Waals surface area contributed by atoms with Gasteiger partial charge in [0.25, 0.3) is 11.5 Å². The molecule has 10 heteroatoms. The fraction of sp³-hybridized carbons (Fsp3) is 0.360. The van der Waals surface area contributed by atoms with Crippen LogP contribution in [0, 0.1) is 5.82 Å². The molecule has 9 nitrogen and oxygen atoms in total. The summed E-state index contributed by atoms with van der Waals surface area (Å²) in [6, 6.07) is 4.66. The van der Waals surface area contributed by atoms with Crippen LogP contribution in [0.3, 0.4) is 0 Å². The monoisotopic (exact) mass is 475 g/mol. The Balaban J connectivity index is 1.43. The van der Waals surface area contributed by atoms with Crippen LogP contribution < -0.4 is 10.9 Å². The maximum absolute atomic E-state index is 15.3. The van der Waals surface area contributed by atoms with Gasteiger partial charge in [0.1, 0.15) is 5.82 Å². The predicted octanol–water partition coefficient (Wildman–Crippen LogP) is 3.77. The Morgan fingerprint density at radius 1 is 1.11 bits per heavy atom. The van der Waals surface area contributed by atoms with Gasteiger partial charge in [0.2, 0.25) is 5.82 Å². The molecular weight excluding hydrogens is 449 g/mol. The van der Waals surface area contributed by atoms with Crippen molar-refractivity contribution in [1.29, 1.82) is 0 Å². The van der Waals surface area contributed by atoms with Gasteiger partial charge in [-0.05, 0) is 52.2 Å². The van der Waals surface area contributed by atoms with Crippen molar-refractivity contribution in [1.82, 2.24) is 34.6 Å². The van der Waals surface area contributed by atoms with Crippen LogP contribution in [0.5, 0.6) is 0 Å². The highest BCUT2D eigenvalue weighted by molar-refractivity contribution is 5.93. The molecule has 5 rings (SSSR count). The number of hydrogen-bond donors (Lipinski definition) is 1. The summed E-state index contributed by atoms with van der Waals surface area (Å²) in [7, 11) is 0. The van der Waals surface area contributed by atoms with Crippen LogP contribution in [0.2, 0.25) is 0 Å². The first kappa shape index (κ1) is 22.8. The van der Waals surface area contributed by atoms with Crippen molar-refractivity contribution in [2.45, 2.75) is 58.2 Å². The standard InChI is InChI=1S/C25H26FN7O2/c1-14(2)32-13-27-12-18(24(32)35)16-5-6-19(20(26)9-16)25(7-8-25)31-23(34)21-28-10-17-11-29-33(15(3)4)22(17)30-21/h5-6,9-15H,7-8H2,1-4H3,(H,31,34). The molecule has 3 heterocycles. The van der Waals surface area contributed by atoms with Crippen LogP contribution in [-0.4, -0.2) is 35.2 Å². The lowest BCUT2D eigenvalue weighted by Crippen LogP contribution is -2.36. The van der Waals surface area contributed by atoms with Crippen molar-refractivity contribution < 1.29 is 9.18 Å². The number of nitrogens with zero attached hydrogens (tertiary/aromatic N) is 6. The first-order valence-electron chi connectivity index (χ1n) is 11.6. The molecule has 1 aliphatic carbocycles. The lowest BCUT2D eigenvalue weighted by atomic mass is 9.99. The third-order valence-corrected chi connectivity index (χ3v) is 6.34. The van der Waals surface area contributed by atoms with E-state index in [1.807, 2.05) is 27.7 Å². The van der Waals surface area contributed by atoms with Crippen LogP contribution in [0.15, 0.2) is 47.9 Å². The number of carbonyl (C=O) groups is 1. The van der Waals surface area contributed by atoms with Crippen molar-refractivity contribution in [2.24, 2.45) is 0 Å². The number of aromatic nitrogens is 6. The lowest BCUT2D eigenvalue weighted by molar-refractivity contribution is 0.0919. The van der Waals surface area contributed by atoms with Crippen LogP contribution in [0.4, 0.5) is 4.39 Å². The zero-order chi connectivity index (χ0) is 24.9. The van der Waals surface area contributed by atoms with Gasteiger partial charge >= 0.3 is 0 Å². The van der Waals surface area contributed by atoms with E-state index in [4.69, 9.17) is 0 Å². The minimum atomic E-state index is -0.830. The molecule has 3 aromatic heterocycles. The van der Waals surface area contributed by atoms with Gasteiger partial charge in [-0.15, -0.1) is 0 Å². The SMILES string of the molecule is CC(C)n1cncc(-c2ccc(C3(NC(=O)c4ncc5cnn(C(C)C)c5n4)CC3)c(F)c2)c1=O. The highest BCUT2D eigenvalue weighted by Crippen LogP contribution is 2.47. The van der Waals surface area contributed by atoms with Gasteiger partial charge < -0.3 is 5.32 Å². The molecule has 0 aliphatic heterocycles. The Hall–Kier alpha value is -3.95. The summed E-state index contributed by atoms with van der Waals surface area (Å²) in [6.45, 7) is 7.72. The van der Waals surface area contributed by atoms with E-state index in [2.05, 4.69) is 25.4 Å². The summed E-state index contributed by atoms with van der Waals surface area (Å²) in [5.41, 5.74) is 0.647. The van der Waals surface area contributed by atoms with Crippen molar-refractivity contribution in [3.05, 3.63) is 70.7 Å². The molecule has 180 valence electrons. The highest BCUT2D eigenvalue weighted by atomic mass is 19.1. The Morgan fingerprint density at radius 3 is 2.54 bits per heavy atom. The maximum Gasteiger partial charge on any atom is 0.289 e. The van der Waals surface area contributed by atoms with Crippen LogP contribution >= 0.6 is 0 Å². The Morgan fingerprint density at radius 2 is 1.89 bits per heavy atom. The maximum atomic E-state index is 15.3. The van der Waals surface area contributed by atoms with E-state index in [1.54, 1.807) is 29.2 Å². The molecule has 0 atom stereocenters. The van der Waals surface area contributed by atoms with Crippen LogP contribution in [0.25, 0.3) is 22.2 Å². The zero-order valence-corrected chi connectivity index (χ0v) is 20.0. The molecule has 0 unspecified atom stereocenters. The molecule has 1 fully saturated rings. The number of nitrogens with one attached hydrogen (secondary N) is 1. The van der Waals surface area contributed by atoms with Gasteiger partial charge in [0, 0.05) is 30.0 Å².